The number of phenolic OH excluding ortho intramolecular Hbond substituents is 1. The molecule has 1 heterocycles. The molecule has 0 atom stereocenters. The Morgan fingerprint density at radius 2 is 1.89 bits per heavy atom. The molecule has 0 aliphatic rings. The number of aryl methyl sites for hydroxylation is 2. The molecule has 0 radical (unpaired) electrons. The number of aromatic hydroxyl groups is 1. The Morgan fingerprint density at radius 3 is 2.48 bits per heavy atom. The second-order valence-electron chi connectivity index (χ2n) is 6.29. The second-order valence-corrected chi connectivity index (χ2v) is 7.04. The van der Waals surface area contributed by atoms with E-state index < -0.39 is 0 Å². The Balaban J connectivity index is 2.14. The number of hydrogen-bond donors (Lipinski definition) is 2. The van der Waals surface area contributed by atoms with Gasteiger partial charge in [-0.15, -0.1) is 0 Å². The molecular formula is C21H19Cl2NO3. The normalized spacial score (nSPS) is 11.8. The van der Waals surface area contributed by atoms with Gasteiger partial charge in [0.05, 0.1) is 5.57 Å². The lowest BCUT2D eigenvalue weighted by Crippen LogP contribution is -2.01. The minimum atomic E-state index is -0.158. The predicted octanol–water partition coefficient (Wildman–Crippen LogP) is 6.36. The average Bonchev–Trinajstić information content (AvgIpc) is 2.99. The van der Waals surface area contributed by atoms with Gasteiger partial charge in [-0.25, -0.2) is 0 Å². The molecule has 27 heavy (non-hydrogen) atoms. The Bertz CT molecular complexity index is 1050. The number of rotatable bonds is 5. The number of allylic oxidation sites excluding steroid dienone is 1. The van der Waals surface area contributed by atoms with Gasteiger partial charge >= 0.3 is 0 Å². The van der Waals surface area contributed by atoms with Gasteiger partial charge in [0.25, 0.3) is 0 Å². The van der Waals surface area contributed by atoms with Gasteiger partial charge in [0.2, 0.25) is 0 Å². The smallest absolute Gasteiger partial charge is 0.165 e. The summed E-state index contributed by atoms with van der Waals surface area (Å²) in [6.07, 6.45) is 2.22. The number of anilines is 1. The Hall–Kier alpha value is -2.43. The van der Waals surface area contributed by atoms with Crippen molar-refractivity contribution in [3.05, 3.63) is 63.5 Å². The van der Waals surface area contributed by atoms with Gasteiger partial charge in [0.15, 0.2) is 11.4 Å². The van der Waals surface area contributed by atoms with Crippen LogP contribution in [0.1, 0.15) is 30.7 Å². The number of ketones is 1. The topological polar surface area (TPSA) is 62.5 Å². The maximum Gasteiger partial charge on any atom is 0.165 e. The van der Waals surface area contributed by atoms with Crippen molar-refractivity contribution in [3.8, 4) is 5.75 Å². The molecule has 2 aromatic carbocycles. The zero-order valence-electron chi connectivity index (χ0n) is 15.2. The molecule has 4 nitrogen and oxygen atoms in total. The van der Waals surface area contributed by atoms with Crippen LogP contribution in [0.5, 0.6) is 5.75 Å². The molecule has 3 rings (SSSR count). The van der Waals surface area contributed by atoms with E-state index in [-0.39, 0.29) is 21.6 Å². The van der Waals surface area contributed by atoms with E-state index in [1.165, 1.54) is 13.0 Å². The summed E-state index contributed by atoms with van der Waals surface area (Å²) in [6.45, 7) is 5.42. The number of phenols is 1. The number of carbonyl (C=O) groups is 1. The number of fused-ring (bicyclic) bond motifs is 1. The van der Waals surface area contributed by atoms with E-state index in [1.54, 1.807) is 6.20 Å². The number of hydrogen-bond acceptors (Lipinski definition) is 4. The number of nitrogens with one attached hydrogen (secondary N) is 1. The van der Waals surface area contributed by atoms with E-state index in [0.29, 0.717) is 28.7 Å². The van der Waals surface area contributed by atoms with E-state index in [0.717, 1.165) is 16.8 Å². The van der Waals surface area contributed by atoms with Crippen LogP contribution in [-0.2, 0) is 11.2 Å². The zero-order valence-corrected chi connectivity index (χ0v) is 16.7. The molecule has 1 aromatic heterocycles. The first kappa shape index (κ1) is 19.3. The number of halogens is 2. The van der Waals surface area contributed by atoms with Crippen LogP contribution in [0.4, 0.5) is 5.69 Å². The highest BCUT2D eigenvalue weighted by Crippen LogP contribution is 2.42. The van der Waals surface area contributed by atoms with Crippen LogP contribution in [0.15, 0.2) is 40.9 Å². The fourth-order valence-electron chi connectivity index (χ4n) is 2.91. The predicted molar refractivity (Wildman–Crippen MR) is 111 cm³/mol. The SMILES string of the molecule is CCc1c(/C(=C/Nc2ccc(C)cc2)C(C)=O)oc2c(Cl)c(Cl)c(O)cc12. The standard InChI is InChI=1S/C21H19Cl2NO3/c1-4-14-15-9-17(26)18(22)19(23)21(15)27-20(14)16(12(3)25)10-24-13-7-5-11(2)6-8-13/h5-10,24,26H,4H2,1-3H3/b16-10+. The van der Waals surface area contributed by atoms with Crippen molar-refractivity contribution in [1.82, 2.24) is 0 Å². The number of furan rings is 1. The minimum absolute atomic E-state index is 0.0262. The summed E-state index contributed by atoms with van der Waals surface area (Å²) in [4.78, 5) is 12.3. The molecular weight excluding hydrogens is 385 g/mol. The highest BCUT2D eigenvalue weighted by molar-refractivity contribution is 6.46. The molecule has 2 N–H and O–H groups in total. The minimum Gasteiger partial charge on any atom is -0.506 e. The molecule has 0 spiro atoms. The average molecular weight is 404 g/mol. The number of benzene rings is 2. The molecule has 0 saturated carbocycles. The van der Waals surface area contributed by atoms with Crippen molar-refractivity contribution in [2.24, 2.45) is 0 Å². The summed E-state index contributed by atoms with van der Waals surface area (Å²) < 4.78 is 5.93. The fraction of sp³-hybridized carbons (Fsp3) is 0.190. The molecule has 3 aromatic rings. The fourth-order valence-corrected chi connectivity index (χ4v) is 3.28. The van der Waals surface area contributed by atoms with Crippen LogP contribution >= 0.6 is 23.2 Å². The highest BCUT2D eigenvalue weighted by atomic mass is 35.5. The summed E-state index contributed by atoms with van der Waals surface area (Å²) in [5.41, 5.74) is 3.52. The van der Waals surface area contributed by atoms with Gasteiger partial charge in [-0.3, -0.25) is 4.79 Å². The molecule has 0 unspecified atom stereocenters. The third-order valence-electron chi connectivity index (χ3n) is 4.36. The first-order valence-electron chi connectivity index (χ1n) is 8.50. The molecule has 0 amide bonds. The maximum atomic E-state index is 12.3. The van der Waals surface area contributed by atoms with Gasteiger partial charge in [-0.2, -0.15) is 0 Å². The molecule has 140 valence electrons. The number of carbonyl (C=O) groups excluding carboxylic acids is 1. The van der Waals surface area contributed by atoms with Crippen molar-refractivity contribution in [3.63, 3.8) is 0 Å². The van der Waals surface area contributed by atoms with Crippen molar-refractivity contribution in [1.29, 1.82) is 0 Å². The van der Waals surface area contributed by atoms with Crippen molar-refractivity contribution < 1.29 is 14.3 Å². The summed E-state index contributed by atoms with van der Waals surface area (Å²) in [6, 6.07) is 9.33. The molecule has 0 aliphatic carbocycles. The van der Waals surface area contributed by atoms with E-state index >= 15 is 0 Å². The summed E-state index contributed by atoms with van der Waals surface area (Å²) in [5, 5.41) is 13.9. The molecule has 0 bridgehead atoms. The van der Waals surface area contributed by atoms with Crippen molar-refractivity contribution >= 4 is 51.2 Å². The lowest BCUT2D eigenvalue weighted by atomic mass is 10.0. The van der Waals surface area contributed by atoms with Gasteiger partial charge in [-0.1, -0.05) is 47.8 Å². The van der Waals surface area contributed by atoms with Crippen molar-refractivity contribution in [2.75, 3.05) is 5.32 Å². The number of Topliss-reactive ketones (excluding diaryl/α,β-unsaturated/α-hetero) is 1. The Morgan fingerprint density at radius 1 is 1.22 bits per heavy atom. The summed E-state index contributed by atoms with van der Waals surface area (Å²) >= 11 is 12.3. The zero-order chi connectivity index (χ0) is 19.7. The van der Waals surface area contributed by atoms with Crippen molar-refractivity contribution in [2.45, 2.75) is 27.2 Å². The summed E-state index contributed by atoms with van der Waals surface area (Å²) in [7, 11) is 0. The van der Waals surface area contributed by atoms with E-state index in [9.17, 15) is 9.90 Å². The Labute approximate surface area is 167 Å². The monoisotopic (exact) mass is 403 g/mol. The first-order valence-corrected chi connectivity index (χ1v) is 9.26. The lowest BCUT2D eigenvalue weighted by molar-refractivity contribution is -0.111. The highest BCUT2D eigenvalue weighted by Gasteiger charge is 2.23. The lowest BCUT2D eigenvalue weighted by Gasteiger charge is -2.06. The van der Waals surface area contributed by atoms with Gasteiger partial charge in [0, 0.05) is 22.8 Å². The van der Waals surface area contributed by atoms with Crippen LogP contribution in [0, 0.1) is 6.92 Å². The molecule has 6 heteroatoms. The molecule has 0 fully saturated rings. The molecule has 0 saturated heterocycles. The van der Waals surface area contributed by atoms with Crippen LogP contribution in [-0.4, -0.2) is 10.9 Å². The van der Waals surface area contributed by atoms with E-state index in [2.05, 4.69) is 5.32 Å². The van der Waals surface area contributed by atoms with Crippen LogP contribution in [0.2, 0.25) is 10.0 Å². The van der Waals surface area contributed by atoms with Gasteiger partial charge in [0.1, 0.15) is 21.6 Å². The van der Waals surface area contributed by atoms with Crippen LogP contribution < -0.4 is 5.32 Å². The van der Waals surface area contributed by atoms with Crippen LogP contribution in [0.25, 0.3) is 16.5 Å². The first-order chi connectivity index (χ1) is 12.8. The van der Waals surface area contributed by atoms with Gasteiger partial charge < -0.3 is 14.8 Å². The Kier molecular flexibility index (Phi) is 5.49. The van der Waals surface area contributed by atoms with Gasteiger partial charge in [-0.05, 0) is 38.5 Å². The third-order valence-corrected chi connectivity index (χ3v) is 5.20. The largest absolute Gasteiger partial charge is 0.506 e. The van der Waals surface area contributed by atoms with E-state index in [4.69, 9.17) is 27.6 Å². The summed E-state index contributed by atoms with van der Waals surface area (Å²) in [5.74, 6) is 0.139. The van der Waals surface area contributed by atoms with Crippen LogP contribution in [0.3, 0.4) is 0 Å². The second kappa shape index (κ2) is 7.67. The maximum absolute atomic E-state index is 12.3. The quantitative estimate of drug-likeness (QED) is 0.486. The molecule has 0 aliphatic heterocycles. The van der Waals surface area contributed by atoms with E-state index in [1.807, 2.05) is 38.1 Å². The third kappa shape index (κ3) is 3.68.